The molecule has 0 saturated carbocycles. The lowest BCUT2D eigenvalue weighted by Crippen LogP contribution is -2.23. The normalized spacial score (nSPS) is 10.8. The van der Waals surface area contributed by atoms with Gasteiger partial charge in [0.25, 0.3) is 0 Å². The minimum absolute atomic E-state index is 0.309. The Balaban J connectivity index is 1.92. The molecule has 7 nitrogen and oxygen atoms in total. The van der Waals surface area contributed by atoms with Crippen LogP contribution in [0.4, 0.5) is 11.9 Å². The second kappa shape index (κ2) is 7.21. The summed E-state index contributed by atoms with van der Waals surface area (Å²) >= 11 is 0. The average molecular weight is 335 g/mol. The van der Waals surface area contributed by atoms with E-state index in [2.05, 4.69) is 35.6 Å². The van der Waals surface area contributed by atoms with Gasteiger partial charge in [0.1, 0.15) is 6.17 Å². The number of anilines is 2. The summed E-state index contributed by atoms with van der Waals surface area (Å²) in [5, 5.41) is 6.62. The van der Waals surface area contributed by atoms with Crippen LogP contribution in [0.25, 0.3) is 0 Å². The summed E-state index contributed by atoms with van der Waals surface area (Å²) < 4.78 is 0. The highest BCUT2D eigenvalue weighted by Crippen LogP contribution is 2.19. The van der Waals surface area contributed by atoms with Crippen LogP contribution in [0.2, 0.25) is 0 Å². The van der Waals surface area contributed by atoms with E-state index in [-0.39, 0.29) is 6.17 Å². The molecule has 0 radical (unpaired) electrons. The third-order valence-corrected chi connectivity index (χ3v) is 3.53. The van der Waals surface area contributed by atoms with Gasteiger partial charge in [-0.1, -0.05) is 6.07 Å². The molecule has 0 fully saturated rings. The number of nitrogens with zero attached hydrogens (tertiary/aromatic N) is 5. The Morgan fingerprint density at radius 2 is 1.24 bits per heavy atom. The Bertz CT molecular complexity index is 771. The Labute approximate surface area is 147 Å². The molecular weight excluding hydrogens is 314 g/mol. The summed E-state index contributed by atoms with van der Waals surface area (Å²) in [5.74, 6) is 1.09. The minimum atomic E-state index is -0.309. The van der Waals surface area contributed by atoms with E-state index in [0.29, 0.717) is 11.9 Å². The molecule has 3 aromatic rings. The molecule has 3 rings (SSSR count). The number of aromatic nitrogens is 5. The molecule has 0 aliphatic carbocycles. The van der Waals surface area contributed by atoms with E-state index in [0.717, 1.165) is 28.3 Å². The fourth-order valence-corrected chi connectivity index (χ4v) is 2.59. The Morgan fingerprint density at radius 1 is 0.760 bits per heavy atom. The quantitative estimate of drug-likeness (QED) is 0.692. The van der Waals surface area contributed by atoms with Gasteiger partial charge in [-0.15, -0.1) is 0 Å². The zero-order valence-corrected chi connectivity index (χ0v) is 14.8. The first kappa shape index (κ1) is 16.8. The lowest BCUT2D eigenvalue weighted by atomic mass is 10.2. The molecule has 25 heavy (non-hydrogen) atoms. The van der Waals surface area contributed by atoms with Gasteiger partial charge < -0.3 is 10.6 Å². The largest absolute Gasteiger partial charge is 0.330 e. The van der Waals surface area contributed by atoms with Crippen molar-refractivity contribution < 1.29 is 0 Å². The van der Waals surface area contributed by atoms with Crippen LogP contribution in [0.1, 0.15) is 34.5 Å². The van der Waals surface area contributed by atoms with Crippen LogP contribution in [-0.4, -0.2) is 24.9 Å². The average Bonchev–Trinajstić information content (AvgIpc) is 2.53. The van der Waals surface area contributed by atoms with Gasteiger partial charge >= 0.3 is 0 Å². The molecule has 7 heteroatoms. The van der Waals surface area contributed by atoms with Gasteiger partial charge in [0.05, 0.1) is 0 Å². The molecule has 0 aromatic carbocycles. The SMILES string of the molecule is Cc1cc(C)nc(NC(Nc2nc(C)cc(C)n2)c2cccnc2)n1. The van der Waals surface area contributed by atoms with Crippen molar-refractivity contribution in [3.05, 3.63) is 65.0 Å². The smallest absolute Gasteiger partial charge is 0.224 e. The third kappa shape index (κ3) is 4.47. The van der Waals surface area contributed by atoms with Crippen LogP contribution >= 0.6 is 0 Å². The zero-order valence-electron chi connectivity index (χ0n) is 14.8. The Morgan fingerprint density at radius 3 is 1.64 bits per heavy atom. The third-order valence-electron chi connectivity index (χ3n) is 3.53. The van der Waals surface area contributed by atoms with Gasteiger partial charge in [-0.2, -0.15) is 0 Å². The van der Waals surface area contributed by atoms with Crippen molar-refractivity contribution in [2.45, 2.75) is 33.9 Å². The summed E-state index contributed by atoms with van der Waals surface area (Å²) in [6.45, 7) is 7.78. The standard InChI is InChI=1S/C18H21N7/c1-11-8-12(2)21-17(20-11)24-16(15-6-5-7-19-10-15)25-18-22-13(3)9-14(4)23-18/h5-10,16H,1-4H3,(H,20,21,24)(H,22,23,25). The topological polar surface area (TPSA) is 88.5 Å². The fraction of sp³-hybridized carbons (Fsp3) is 0.278. The summed E-state index contributed by atoms with van der Waals surface area (Å²) in [5.41, 5.74) is 4.56. The van der Waals surface area contributed by atoms with Gasteiger partial charge in [0, 0.05) is 40.7 Å². The molecule has 0 bridgehead atoms. The van der Waals surface area contributed by atoms with Gasteiger partial charge in [-0.3, -0.25) is 4.98 Å². The predicted molar refractivity (Wildman–Crippen MR) is 97.2 cm³/mol. The Kier molecular flexibility index (Phi) is 4.83. The van der Waals surface area contributed by atoms with E-state index < -0.39 is 0 Å². The highest BCUT2D eigenvalue weighted by Gasteiger charge is 2.15. The van der Waals surface area contributed by atoms with Crippen LogP contribution in [-0.2, 0) is 0 Å². The molecule has 0 spiro atoms. The number of hydrogen-bond donors (Lipinski definition) is 2. The van der Waals surface area contributed by atoms with E-state index >= 15 is 0 Å². The number of aryl methyl sites for hydroxylation is 4. The number of nitrogens with one attached hydrogen (secondary N) is 2. The molecule has 3 aromatic heterocycles. The van der Waals surface area contributed by atoms with Crippen LogP contribution in [0.15, 0.2) is 36.7 Å². The van der Waals surface area contributed by atoms with E-state index in [1.165, 1.54) is 0 Å². The molecule has 3 heterocycles. The zero-order chi connectivity index (χ0) is 17.8. The predicted octanol–water partition coefficient (Wildman–Crippen LogP) is 3.12. The maximum atomic E-state index is 4.45. The first-order chi connectivity index (χ1) is 12.0. The number of hydrogen-bond acceptors (Lipinski definition) is 7. The molecule has 0 saturated heterocycles. The van der Waals surface area contributed by atoms with Crippen LogP contribution in [0.3, 0.4) is 0 Å². The van der Waals surface area contributed by atoms with Crippen molar-refractivity contribution >= 4 is 11.9 Å². The van der Waals surface area contributed by atoms with Crippen molar-refractivity contribution in [3.63, 3.8) is 0 Å². The van der Waals surface area contributed by atoms with E-state index in [9.17, 15) is 0 Å². The summed E-state index contributed by atoms with van der Waals surface area (Å²) in [6.07, 6.45) is 3.22. The number of pyridine rings is 1. The Hall–Kier alpha value is -3.09. The number of rotatable bonds is 5. The maximum absolute atomic E-state index is 4.45. The van der Waals surface area contributed by atoms with Gasteiger partial charge in [0.15, 0.2) is 0 Å². The van der Waals surface area contributed by atoms with Crippen LogP contribution in [0, 0.1) is 27.7 Å². The van der Waals surface area contributed by atoms with Gasteiger partial charge in [-0.05, 0) is 45.9 Å². The molecule has 0 aliphatic heterocycles. The summed E-state index contributed by atoms with van der Waals surface area (Å²) in [7, 11) is 0. The molecule has 2 N–H and O–H groups in total. The van der Waals surface area contributed by atoms with Crippen molar-refractivity contribution in [2.24, 2.45) is 0 Å². The first-order valence-corrected chi connectivity index (χ1v) is 8.07. The van der Waals surface area contributed by atoms with Crippen molar-refractivity contribution in [2.75, 3.05) is 10.6 Å². The van der Waals surface area contributed by atoms with Crippen LogP contribution < -0.4 is 10.6 Å². The molecular formula is C18H21N7. The maximum Gasteiger partial charge on any atom is 0.224 e. The molecule has 0 unspecified atom stereocenters. The van der Waals surface area contributed by atoms with Crippen molar-refractivity contribution in [3.8, 4) is 0 Å². The molecule has 128 valence electrons. The van der Waals surface area contributed by atoms with E-state index in [4.69, 9.17) is 0 Å². The van der Waals surface area contributed by atoms with E-state index in [1.54, 1.807) is 12.4 Å². The van der Waals surface area contributed by atoms with E-state index in [1.807, 2.05) is 52.0 Å². The minimum Gasteiger partial charge on any atom is -0.330 e. The summed E-state index contributed by atoms with van der Waals surface area (Å²) in [4.78, 5) is 22.0. The molecule has 0 aliphatic rings. The molecule has 0 amide bonds. The summed E-state index contributed by atoms with van der Waals surface area (Å²) in [6, 6.07) is 7.73. The second-order valence-electron chi connectivity index (χ2n) is 5.96. The lowest BCUT2D eigenvalue weighted by Gasteiger charge is -2.21. The monoisotopic (exact) mass is 335 g/mol. The first-order valence-electron chi connectivity index (χ1n) is 8.07. The highest BCUT2D eigenvalue weighted by atomic mass is 15.3. The van der Waals surface area contributed by atoms with Gasteiger partial charge in [-0.25, -0.2) is 19.9 Å². The fourth-order valence-electron chi connectivity index (χ4n) is 2.59. The van der Waals surface area contributed by atoms with Gasteiger partial charge in [0.2, 0.25) is 11.9 Å². The van der Waals surface area contributed by atoms with Crippen molar-refractivity contribution in [1.29, 1.82) is 0 Å². The lowest BCUT2D eigenvalue weighted by molar-refractivity contribution is 0.838. The highest BCUT2D eigenvalue weighted by molar-refractivity contribution is 5.40. The van der Waals surface area contributed by atoms with Crippen molar-refractivity contribution in [1.82, 2.24) is 24.9 Å². The molecule has 0 atom stereocenters. The van der Waals surface area contributed by atoms with Crippen LogP contribution in [0.5, 0.6) is 0 Å². The second-order valence-corrected chi connectivity index (χ2v) is 5.96.